The highest BCUT2D eigenvalue weighted by molar-refractivity contribution is 5.97. The minimum Gasteiger partial charge on any atom is -0.493 e. The van der Waals surface area contributed by atoms with Gasteiger partial charge >= 0.3 is 6.61 Å². The van der Waals surface area contributed by atoms with Crippen molar-refractivity contribution in [3.8, 4) is 11.5 Å². The molecular weight excluding hydrogens is 486 g/mol. The number of likely N-dealkylation sites (tertiary alicyclic amines) is 1. The summed E-state index contributed by atoms with van der Waals surface area (Å²) in [6, 6.07) is 13.3. The fraction of sp³-hybridized carbons (Fsp3) is 0.516. The molecule has 0 bridgehead atoms. The second kappa shape index (κ2) is 13.7. The number of rotatable bonds is 11. The van der Waals surface area contributed by atoms with E-state index in [2.05, 4.69) is 10.2 Å². The summed E-state index contributed by atoms with van der Waals surface area (Å²) in [4.78, 5) is 15.9. The predicted octanol–water partition coefficient (Wildman–Crippen LogP) is 6.72. The smallest absolute Gasteiger partial charge is 0.387 e. The lowest BCUT2D eigenvalue weighted by Gasteiger charge is -2.31. The predicted molar refractivity (Wildman–Crippen MR) is 147 cm³/mol. The summed E-state index contributed by atoms with van der Waals surface area (Å²) in [6.45, 7) is 1.32. The third-order valence-corrected chi connectivity index (χ3v) is 7.79. The Bertz CT molecular complexity index is 1080. The van der Waals surface area contributed by atoms with Gasteiger partial charge in [-0.3, -0.25) is 9.69 Å². The molecule has 7 heteroatoms. The summed E-state index contributed by atoms with van der Waals surface area (Å²) in [5.41, 5.74) is 2.89. The summed E-state index contributed by atoms with van der Waals surface area (Å²) in [6.07, 6.45) is 10.9. The lowest BCUT2D eigenvalue weighted by atomic mass is 9.88. The molecule has 2 aromatic carbocycles. The highest BCUT2D eigenvalue weighted by atomic mass is 19.3. The van der Waals surface area contributed by atoms with E-state index in [1.807, 2.05) is 43.3 Å². The van der Waals surface area contributed by atoms with Crippen LogP contribution in [-0.4, -0.2) is 50.2 Å². The Morgan fingerprint density at radius 3 is 2.55 bits per heavy atom. The third kappa shape index (κ3) is 7.56. The van der Waals surface area contributed by atoms with Crippen LogP contribution < -0.4 is 14.8 Å². The van der Waals surface area contributed by atoms with Crippen molar-refractivity contribution >= 4 is 12.0 Å². The molecule has 0 radical (unpaired) electrons. The number of hydrogen-bond donors (Lipinski definition) is 1. The number of methoxy groups -OCH3 is 1. The fourth-order valence-electron chi connectivity index (χ4n) is 5.90. The first-order chi connectivity index (χ1) is 18.4. The molecule has 1 heterocycles. The van der Waals surface area contributed by atoms with Gasteiger partial charge < -0.3 is 14.8 Å². The summed E-state index contributed by atoms with van der Waals surface area (Å²) >= 11 is 0. The zero-order chi connectivity index (χ0) is 26.9. The van der Waals surface area contributed by atoms with Crippen LogP contribution in [0.25, 0.3) is 6.08 Å². The van der Waals surface area contributed by atoms with Crippen LogP contribution in [0, 0.1) is 5.92 Å². The lowest BCUT2D eigenvalue weighted by Crippen LogP contribution is -2.36. The average Bonchev–Trinajstić information content (AvgIpc) is 3.35. The number of carbonyl (C=O) groups is 1. The Hall–Kier alpha value is -2.93. The topological polar surface area (TPSA) is 50.8 Å². The highest BCUT2D eigenvalue weighted by Gasteiger charge is 2.31. The Balaban J connectivity index is 1.56. The molecule has 2 aliphatic rings. The maximum Gasteiger partial charge on any atom is 0.387 e. The Morgan fingerprint density at radius 2 is 1.84 bits per heavy atom. The zero-order valence-corrected chi connectivity index (χ0v) is 22.6. The van der Waals surface area contributed by atoms with Gasteiger partial charge in [0.05, 0.1) is 7.11 Å². The molecule has 1 N–H and O–H groups in total. The molecule has 206 valence electrons. The summed E-state index contributed by atoms with van der Waals surface area (Å²) in [7, 11) is 1.43. The maximum absolute atomic E-state index is 13.5. The van der Waals surface area contributed by atoms with Crippen LogP contribution in [0.4, 0.5) is 8.78 Å². The molecule has 0 spiro atoms. The number of halogens is 2. The Kier molecular flexibility index (Phi) is 10.2. The van der Waals surface area contributed by atoms with Gasteiger partial charge in [0, 0.05) is 30.3 Å². The molecule has 0 aromatic heterocycles. The van der Waals surface area contributed by atoms with E-state index in [0.717, 1.165) is 37.1 Å². The van der Waals surface area contributed by atoms with Gasteiger partial charge in [-0.15, -0.1) is 0 Å². The second-order valence-corrected chi connectivity index (χ2v) is 10.6. The van der Waals surface area contributed by atoms with Crippen LogP contribution in [0.1, 0.15) is 73.4 Å². The van der Waals surface area contributed by atoms with Gasteiger partial charge in [0.25, 0.3) is 5.91 Å². The van der Waals surface area contributed by atoms with Crippen LogP contribution in [0.3, 0.4) is 0 Å². The first kappa shape index (κ1) is 28.1. The number of alkyl halides is 2. The van der Waals surface area contributed by atoms with Gasteiger partial charge in [0.1, 0.15) is 0 Å². The van der Waals surface area contributed by atoms with E-state index in [-0.39, 0.29) is 23.4 Å². The van der Waals surface area contributed by atoms with Crippen LogP contribution in [0.15, 0.2) is 48.0 Å². The van der Waals surface area contributed by atoms with Crippen molar-refractivity contribution in [2.75, 3.05) is 26.7 Å². The summed E-state index contributed by atoms with van der Waals surface area (Å²) in [5, 5.41) is 2.97. The number of carbonyl (C=O) groups excluding carboxylic acids is 1. The van der Waals surface area contributed by atoms with Crippen LogP contribution in [-0.2, 0) is 6.42 Å². The van der Waals surface area contributed by atoms with Crippen LogP contribution in [0.5, 0.6) is 11.5 Å². The molecule has 5 nitrogen and oxygen atoms in total. The van der Waals surface area contributed by atoms with E-state index in [1.165, 1.54) is 45.3 Å². The normalized spacial score (nSPS) is 19.1. The number of amides is 1. The third-order valence-electron chi connectivity index (χ3n) is 7.79. The second-order valence-electron chi connectivity index (χ2n) is 10.6. The minimum atomic E-state index is -3.01. The fourth-order valence-corrected chi connectivity index (χ4v) is 5.90. The van der Waals surface area contributed by atoms with Gasteiger partial charge in [-0.2, -0.15) is 8.78 Å². The lowest BCUT2D eigenvalue weighted by molar-refractivity contribution is -0.0520. The number of nitrogens with one attached hydrogen (secondary N) is 1. The molecule has 38 heavy (non-hydrogen) atoms. The van der Waals surface area contributed by atoms with Gasteiger partial charge in [-0.05, 0) is 69.2 Å². The van der Waals surface area contributed by atoms with Gasteiger partial charge in [0.15, 0.2) is 11.5 Å². The minimum absolute atomic E-state index is 0.0313. The molecule has 2 aromatic rings. The average molecular weight is 527 g/mol. The van der Waals surface area contributed by atoms with E-state index in [1.54, 1.807) is 6.07 Å². The Morgan fingerprint density at radius 1 is 1.08 bits per heavy atom. The molecule has 0 unspecified atom stereocenters. The molecule has 4 rings (SSSR count). The van der Waals surface area contributed by atoms with Crippen molar-refractivity contribution in [2.24, 2.45) is 5.92 Å². The quantitative estimate of drug-likeness (QED) is 0.353. The number of benzene rings is 2. The zero-order valence-electron chi connectivity index (χ0n) is 22.6. The van der Waals surface area contributed by atoms with Crippen molar-refractivity contribution in [1.82, 2.24) is 10.2 Å². The highest BCUT2D eigenvalue weighted by Crippen LogP contribution is 2.38. The maximum atomic E-state index is 13.5. The largest absolute Gasteiger partial charge is 0.493 e. The van der Waals surface area contributed by atoms with Gasteiger partial charge in [-0.1, -0.05) is 61.2 Å². The van der Waals surface area contributed by atoms with Crippen LogP contribution >= 0.6 is 0 Å². The molecule has 1 saturated heterocycles. The monoisotopic (exact) mass is 526 g/mol. The molecular formula is C31H40F2N2O3. The Labute approximate surface area is 225 Å². The van der Waals surface area contributed by atoms with E-state index < -0.39 is 6.61 Å². The van der Waals surface area contributed by atoms with Crippen molar-refractivity contribution in [3.05, 3.63) is 64.7 Å². The SMILES string of the molecule is COc1ccc(C(=O)NCC(C)=Cc2ccccc2)c(C[C@@H]2CCCN2CC2CCCCC2)c1OC(F)F. The molecule has 2 fully saturated rings. The number of nitrogens with zero attached hydrogens (tertiary/aromatic N) is 1. The van der Waals surface area contributed by atoms with Gasteiger partial charge in [-0.25, -0.2) is 0 Å². The molecule has 1 aliphatic carbocycles. The molecule has 1 aliphatic heterocycles. The first-order valence-electron chi connectivity index (χ1n) is 13.8. The first-order valence-corrected chi connectivity index (χ1v) is 13.8. The summed E-state index contributed by atoms with van der Waals surface area (Å²) < 4.78 is 37.4. The van der Waals surface area contributed by atoms with E-state index in [9.17, 15) is 13.6 Å². The van der Waals surface area contributed by atoms with Crippen molar-refractivity contribution in [3.63, 3.8) is 0 Å². The van der Waals surface area contributed by atoms with E-state index >= 15 is 0 Å². The molecule has 1 amide bonds. The van der Waals surface area contributed by atoms with Crippen molar-refractivity contribution < 1.29 is 23.0 Å². The molecule has 1 atom stereocenters. The number of hydrogen-bond acceptors (Lipinski definition) is 4. The van der Waals surface area contributed by atoms with Crippen molar-refractivity contribution in [1.29, 1.82) is 0 Å². The number of ether oxygens (including phenoxy) is 2. The van der Waals surface area contributed by atoms with E-state index in [0.29, 0.717) is 30.0 Å². The molecule has 1 saturated carbocycles. The van der Waals surface area contributed by atoms with E-state index in [4.69, 9.17) is 9.47 Å². The summed E-state index contributed by atoms with van der Waals surface area (Å²) in [5.74, 6) is 0.568. The van der Waals surface area contributed by atoms with Gasteiger partial charge in [0.2, 0.25) is 0 Å². The van der Waals surface area contributed by atoms with Crippen molar-refractivity contribution in [2.45, 2.75) is 70.9 Å². The standard InChI is InChI=1S/C31H40F2N2O3/c1-22(18-23-10-5-3-6-11-23)20-34-30(36)26-15-16-28(37-2)29(38-31(32)33)27(26)19-25-14-9-17-35(25)21-24-12-7-4-8-13-24/h3,5-6,10-11,15-16,18,24-25,31H,4,7-9,12-14,17,19-21H2,1-2H3,(H,34,36)/t25-/m0/s1. The van der Waals surface area contributed by atoms with Crippen LogP contribution in [0.2, 0.25) is 0 Å².